The number of nitrogens with two attached hydrogens (primary N) is 1. The minimum absolute atomic E-state index is 0.0408. The summed E-state index contributed by atoms with van der Waals surface area (Å²) in [6, 6.07) is 0. The maximum absolute atomic E-state index is 12.7. The quantitative estimate of drug-likeness (QED) is 0.0264. The van der Waals surface area contributed by atoms with Crippen LogP contribution in [0.4, 0.5) is 0 Å². The number of hydrogen-bond donors (Lipinski definition) is 2. The largest absolute Gasteiger partial charge is 0.472 e. The Morgan fingerprint density at radius 1 is 0.383 bits per heavy atom. The molecule has 81 heavy (non-hydrogen) atoms. The van der Waals surface area contributed by atoms with Crippen molar-refractivity contribution in [2.45, 2.75) is 290 Å². The van der Waals surface area contributed by atoms with Gasteiger partial charge in [-0.15, -0.1) is 0 Å². The lowest BCUT2D eigenvalue weighted by molar-refractivity contribution is -0.161. The Kier molecular flexibility index (Phi) is 62.7. The van der Waals surface area contributed by atoms with E-state index in [4.69, 9.17) is 24.3 Å². The van der Waals surface area contributed by atoms with Gasteiger partial charge in [-0.1, -0.05) is 283 Å². The minimum Gasteiger partial charge on any atom is -0.462 e. The van der Waals surface area contributed by atoms with Crippen molar-refractivity contribution < 1.29 is 37.6 Å². The van der Waals surface area contributed by atoms with E-state index in [9.17, 15) is 19.0 Å². The van der Waals surface area contributed by atoms with Crippen molar-refractivity contribution in [3.05, 3.63) is 122 Å². The van der Waals surface area contributed by atoms with Gasteiger partial charge in [0.15, 0.2) is 6.10 Å². The highest BCUT2D eigenvalue weighted by atomic mass is 31.2. The van der Waals surface area contributed by atoms with Gasteiger partial charge in [-0.2, -0.15) is 0 Å². The number of phosphoric acid groups is 1. The van der Waals surface area contributed by atoms with Gasteiger partial charge in [-0.25, -0.2) is 4.57 Å². The Bertz CT molecular complexity index is 1740. The fraction of sp³-hybridized carbons (Fsp3) is 0.690. The van der Waals surface area contributed by atoms with E-state index in [1.165, 1.54) is 161 Å². The number of phosphoric ester groups is 1. The maximum Gasteiger partial charge on any atom is 0.472 e. The monoisotopic (exact) mass is 1150 g/mol. The second-order valence-electron chi connectivity index (χ2n) is 21.6. The summed E-state index contributed by atoms with van der Waals surface area (Å²) < 4.78 is 33.1. The molecule has 0 rings (SSSR count). The molecule has 2 unspecified atom stereocenters. The zero-order chi connectivity index (χ0) is 58.7. The number of carbonyl (C=O) groups excluding carboxylic acids is 2. The molecule has 0 saturated heterocycles. The molecule has 0 aliphatic heterocycles. The number of ether oxygens (including phenoxy) is 2. The molecule has 0 fully saturated rings. The van der Waals surface area contributed by atoms with Crippen molar-refractivity contribution >= 4 is 19.8 Å². The van der Waals surface area contributed by atoms with E-state index in [-0.39, 0.29) is 32.6 Å². The first kappa shape index (κ1) is 77.4. The third-order valence-corrected chi connectivity index (χ3v) is 14.8. The molecule has 10 heteroatoms. The lowest BCUT2D eigenvalue weighted by Crippen LogP contribution is -2.29. The van der Waals surface area contributed by atoms with Crippen molar-refractivity contribution in [1.29, 1.82) is 0 Å². The molecule has 0 aromatic rings. The highest BCUT2D eigenvalue weighted by molar-refractivity contribution is 7.47. The number of rotatable bonds is 61. The van der Waals surface area contributed by atoms with Gasteiger partial charge in [0, 0.05) is 19.4 Å². The third kappa shape index (κ3) is 65.4. The fourth-order valence-corrected chi connectivity index (χ4v) is 9.74. The van der Waals surface area contributed by atoms with Crippen molar-refractivity contribution in [3.63, 3.8) is 0 Å². The van der Waals surface area contributed by atoms with Gasteiger partial charge in [-0.3, -0.25) is 18.6 Å². The van der Waals surface area contributed by atoms with E-state index < -0.39 is 32.5 Å². The van der Waals surface area contributed by atoms with E-state index in [0.717, 1.165) is 89.9 Å². The lowest BCUT2D eigenvalue weighted by atomic mass is 10.0. The molecule has 9 nitrogen and oxygen atoms in total. The van der Waals surface area contributed by atoms with Crippen molar-refractivity contribution in [2.24, 2.45) is 5.73 Å². The van der Waals surface area contributed by atoms with Crippen LogP contribution in [0.25, 0.3) is 0 Å². The van der Waals surface area contributed by atoms with Gasteiger partial charge in [0.05, 0.1) is 13.2 Å². The molecule has 0 amide bonds. The number of carbonyl (C=O) groups is 2. The smallest absolute Gasteiger partial charge is 0.462 e. The Hall–Kier alpha value is -3.59. The molecule has 3 N–H and O–H groups in total. The van der Waals surface area contributed by atoms with Crippen LogP contribution in [0.5, 0.6) is 0 Å². The number of hydrogen-bond acceptors (Lipinski definition) is 8. The first-order valence-electron chi connectivity index (χ1n) is 33.0. The van der Waals surface area contributed by atoms with E-state index >= 15 is 0 Å². The van der Waals surface area contributed by atoms with Gasteiger partial charge >= 0.3 is 19.8 Å². The predicted molar refractivity (Wildman–Crippen MR) is 348 cm³/mol. The Labute approximate surface area is 498 Å². The van der Waals surface area contributed by atoms with E-state index in [0.29, 0.717) is 6.42 Å². The molecular weight excluding hydrogens is 1030 g/mol. The van der Waals surface area contributed by atoms with E-state index in [2.05, 4.69) is 135 Å². The van der Waals surface area contributed by atoms with Crippen molar-refractivity contribution in [3.8, 4) is 0 Å². The molecule has 464 valence electrons. The second kappa shape index (κ2) is 65.6. The van der Waals surface area contributed by atoms with Gasteiger partial charge in [0.25, 0.3) is 0 Å². The van der Waals surface area contributed by atoms with Gasteiger partial charge in [-0.05, 0) is 109 Å². The first-order valence-corrected chi connectivity index (χ1v) is 34.5. The van der Waals surface area contributed by atoms with Crippen LogP contribution in [0.2, 0.25) is 0 Å². The molecule has 0 aromatic carbocycles. The second-order valence-corrected chi connectivity index (χ2v) is 23.1. The Morgan fingerprint density at radius 2 is 0.679 bits per heavy atom. The summed E-state index contributed by atoms with van der Waals surface area (Å²) in [4.78, 5) is 35.3. The van der Waals surface area contributed by atoms with E-state index in [1.807, 2.05) is 0 Å². The number of allylic oxidation sites excluding steroid dienone is 20. The third-order valence-electron chi connectivity index (χ3n) is 13.8. The lowest BCUT2D eigenvalue weighted by Gasteiger charge is -2.19. The van der Waals surface area contributed by atoms with Crippen LogP contribution < -0.4 is 5.73 Å². The highest BCUT2D eigenvalue weighted by Crippen LogP contribution is 2.43. The van der Waals surface area contributed by atoms with Crippen LogP contribution in [0.15, 0.2) is 122 Å². The highest BCUT2D eigenvalue weighted by Gasteiger charge is 2.26. The van der Waals surface area contributed by atoms with Crippen LogP contribution in [0.3, 0.4) is 0 Å². The normalized spacial score (nSPS) is 13.8. The van der Waals surface area contributed by atoms with Crippen LogP contribution in [-0.2, 0) is 32.7 Å². The average Bonchev–Trinajstić information content (AvgIpc) is 3.46. The maximum atomic E-state index is 12.7. The molecule has 0 radical (unpaired) electrons. The van der Waals surface area contributed by atoms with Crippen molar-refractivity contribution in [2.75, 3.05) is 26.4 Å². The number of unbranched alkanes of at least 4 members (excludes halogenated alkanes) is 28. The molecule has 0 aliphatic rings. The molecule has 2 atom stereocenters. The first-order chi connectivity index (χ1) is 39.8. The SMILES string of the molecule is CC/C=C\C/C=C\C/C=C\C/C=C\C/C=C\C/C=C\C/C=C\C/C=C\CCCCC(=O)OC(COC(=O)CCCCCCCCCCCCCCCCCCCCCCC/C=C\C/C=C\CCCCCCC)COP(=O)(O)OCCN. The fourth-order valence-electron chi connectivity index (χ4n) is 8.98. The van der Waals surface area contributed by atoms with Crippen LogP contribution >= 0.6 is 7.82 Å². The molecule has 0 aliphatic carbocycles. The Morgan fingerprint density at radius 3 is 1.04 bits per heavy atom. The van der Waals surface area contributed by atoms with Gasteiger partial charge < -0.3 is 20.1 Å². The summed E-state index contributed by atoms with van der Waals surface area (Å²) in [5.41, 5.74) is 5.39. The van der Waals surface area contributed by atoms with Crippen LogP contribution in [0, 0.1) is 0 Å². The number of esters is 2. The molecule has 0 bridgehead atoms. The molecule has 0 saturated carbocycles. The predicted octanol–water partition coefficient (Wildman–Crippen LogP) is 21.5. The zero-order valence-corrected chi connectivity index (χ0v) is 52.9. The topological polar surface area (TPSA) is 134 Å². The standard InChI is InChI=1S/C71H122NO8P/c1-3-5-7-9-11-13-15-17-19-21-23-25-27-29-31-32-33-34-35-36-38-39-41-43-45-47-49-51-53-55-57-59-61-63-70(73)77-67-69(68-79-81(75,76)78-66-65-72)80-71(74)64-62-60-58-56-54-52-50-48-46-44-42-40-37-30-28-26-24-22-20-18-16-14-12-10-8-6-4-2/h6,8,12,14-15,17-18,20-21,23-24,26,30,37,42,44,48,50,54,56,69H,3-5,7,9-11,13,16,19,22,25,27-29,31-36,38-41,43,45-47,49,51-53,55,57-68,72H2,1-2H3,(H,75,76)/b8-6-,14-12-,17-15-,20-18-,23-21-,26-24-,37-30-,44-42-,50-48-,56-54-. The van der Waals surface area contributed by atoms with E-state index in [1.54, 1.807) is 0 Å². The Balaban J connectivity index is 3.97. The van der Waals surface area contributed by atoms with Gasteiger partial charge in [0.2, 0.25) is 0 Å². The summed E-state index contributed by atoms with van der Waals surface area (Å²) in [6.07, 6.45) is 91.4. The summed E-state index contributed by atoms with van der Waals surface area (Å²) in [5, 5.41) is 0. The van der Waals surface area contributed by atoms with Gasteiger partial charge in [0.1, 0.15) is 6.61 Å². The zero-order valence-electron chi connectivity index (χ0n) is 52.0. The molecular formula is C71H122NO8P. The summed E-state index contributed by atoms with van der Waals surface area (Å²) in [5.74, 6) is -0.878. The molecule has 0 aromatic heterocycles. The molecule has 0 heterocycles. The van der Waals surface area contributed by atoms with Crippen molar-refractivity contribution in [1.82, 2.24) is 0 Å². The van der Waals surface area contributed by atoms with Crippen LogP contribution in [0.1, 0.15) is 284 Å². The summed E-state index contributed by atoms with van der Waals surface area (Å²) >= 11 is 0. The summed E-state index contributed by atoms with van der Waals surface area (Å²) in [6.45, 7) is 3.58. The average molecular weight is 1150 g/mol. The van der Waals surface area contributed by atoms with Crippen LogP contribution in [-0.4, -0.2) is 49.3 Å². The molecule has 0 spiro atoms. The summed E-state index contributed by atoms with van der Waals surface area (Å²) in [7, 11) is -4.41. The minimum atomic E-state index is -4.41.